The van der Waals surface area contributed by atoms with Gasteiger partial charge in [0.1, 0.15) is 0 Å². The van der Waals surface area contributed by atoms with Gasteiger partial charge in [0.25, 0.3) is 5.91 Å². The molecule has 3 aromatic carbocycles. The van der Waals surface area contributed by atoms with Crippen molar-refractivity contribution in [1.29, 1.82) is 0 Å². The zero-order valence-corrected chi connectivity index (χ0v) is 19.1. The number of aryl methyl sites for hydroxylation is 1. The summed E-state index contributed by atoms with van der Waals surface area (Å²) in [6.07, 6.45) is 0. The van der Waals surface area contributed by atoms with Crippen molar-refractivity contribution >= 4 is 57.5 Å². The van der Waals surface area contributed by atoms with Gasteiger partial charge in [0, 0.05) is 25.4 Å². The topological polar surface area (TPSA) is 58.2 Å². The molecular formula is C23H21IN2O2S. The monoisotopic (exact) mass is 516 g/mol. The van der Waals surface area contributed by atoms with E-state index in [1.165, 1.54) is 11.8 Å². The quantitative estimate of drug-likeness (QED) is 0.314. The molecule has 0 aliphatic heterocycles. The molecule has 148 valence electrons. The third-order valence-electron chi connectivity index (χ3n) is 4.30. The molecule has 0 saturated heterocycles. The Bertz CT molecular complexity index is 1000. The summed E-state index contributed by atoms with van der Waals surface area (Å²) in [5.41, 5.74) is 3.10. The van der Waals surface area contributed by atoms with Crippen LogP contribution in [-0.4, -0.2) is 17.1 Å². The molecule has 0 fully saturated rings. The molecule has 0 radical (unpaired) electrons. The summed E-state index contributed by atoms with van der Waals surface area (Å²) >= 11 is 3.70. The number of halogens is 1. The molecule has 0 aromatic heterocycles. The van der Waals surface area contributed by atoms with Gasteiger partial charge in [0.05, 0.1) is 5.25 Å². The van der Waals surface area contributed by atoms with E-state index in [4.69, 9.17) is 0 Å². The minimum absolute atomic E-state index is 0.0480. The average molecular weight is 516 g/mol. The lowest BCUT2D eigenvalue weighted by Crippen LogP contribution is -2.22. The van der Waals surface area contributed by atoms with Gasteiger partial charge in [-0.1, -0.05) is 18.2 Å². The molecule has 0 aliphatic carbocycles. The Morgan fingerprint density at radius 1 is 0.862 bits per heavy atom. The van der Waals surface area contributed by atoms with Gasteiger partial charge in [-0.15, -0.1) is 11.8 Å². The molecular weight excluding hydrogens is 495 g/mol. The molecule has 2 amide bonds. The third-order valence-corrected chi connectivity index (χ3v) is 6.13. The fraction of sp³-hybridized carbons (Fsp3) is 0.130. The molecule has 1 unspecified atom stereocenters. The highest BCUT2D eigenvalue weighted by atomic mass is 127. The van der Waals surface area contributed by atoms with Gasteiger partial charge >= 0.3 is 0 Å². The number of amides is 2. The van der Waals surface area contributed by atoms with Crippen molar-refractivity contribution in [3.05, 3.63) is 87.5 Å². The first-order valence-corrected chi connectivity index (χ1v) is 11.1. The van der Waals surface area contributed by atoms with Crippen molar-refractivity contribution in [3.63, 3.8) is 0 Å². The van der Waals surface area contributed by atoms with Gasteiger partial charge in [-0.2, -0.15) is 0 Å². The number of hydrogen-bond donors (Lipinski definition) is 2. The second-order valence-electron chi connectivity index (χ2n) is 6.55. The van der Waals surface area contributed by atoms with Gasteiger partial charge in [-0.05, 0) is 96.6 Å². The van der Waals surface area contributed by atoms with E-state index >= 15 is 0 Å². The second kappa shape index (κ2) is 9.93. The summed E-state index contributed by atoms with van der Waals surface area (Å²) in [6, 6.07) is 22.7. The van der Waals surface area contributed by atoms with Crippen LogP contribution in [0, 0.1) is 10.5 Å². The Labute approximate surface area is 188 Å². The molecule has 4 nitrogen and oxygen atoms in total. The van der Waals surface area contributed by atoms with Crippen LogP contribution in [0.15, 0.2) is 77.7 Å². The fourth-order valence-corrected chi connectivity index (χ4v) is 3.90. The SMILES string of the molecule is Cc1ccccc1C(=O)Nc1ccc(SC(C)C(=O)Nc2ccc(I)cc2)cc1. The van der Waals surface area contributed by atoms with Crippen molar-refractivity contribution in [3.8, 4) is 0 Å². The Balaban J connectivity index is 1.57. The smallest absolute Gasteiger partial charge is 0.255 e. The maximum atomic E-state index is 12.4. The van der Waals surface area contributed by atoms with Gasteiger partial charge in [0.2, 0.25) is 5.91 Å². The number of thioether (sulfide) groups is 1. The highest BCUT2D eigenvalue weighted by molar-refractivity contribution is 14.1. The van der Waals surface area contributed by atoms with Crippen LogP contribution in [0.2, 0.25) is 0 Å². The van der Waals surface area contributed by atoms with E-state index in [2.05, 4.69) is 33.2 Å². The Kier molecular flexibility index (Phi) is 7.33. The summed E-state index contributed by atoms with van der Waals surface area (Å²) in [7, 11) is 0. The fourth-order valence-electron chi connectivity index (χ4n) is 2.68. The minimum Gasteiger partial charge on any atom is -0.325 e. The predicted molar refractivity (Wildman–Crippen MR) is 129 cm³/mol. The van der Waals surface area contributed by atoms with Crippen LogP contribution in [0.4, 0.5) is 11.4 Å². The maximum Gasteiger partial charge on any atom is 0.255 e. The van der Waals surface area contributed by atoms with Crippen LogP contribution in [0.3, 0.4) is 0 Å². The lowest BCUT2D eigenvalue weighted by atomic mass is 10.1. The normalized spacial score (nSPS) is 11.6. The first kappa shape index (κ1) is 21.4. The van der Waals surface area contributed by atoms with E-state index < -0.39 is 0 Å². The molecule has 1 atom stereocenters. The molecule has 29 heavy (non-hydrogen) atoms. The summed E-state index contributed by atoms with van der Waals surface area (Å²) < 4.78 is 1.12. The summed E-state index contributed by atoms with van der Waals surface area (Å²) in [5.74, 6) is -0.179. The lowest BCUT2D eigenvalue weighted by Gasteiger charge is -2.13. The van der Waals surface area contributed by atoms with E-state index in [0.717, 1.165) is 25.4 Å². The van der Waals surface area contributed by atoms with Crippen LogP contribution in [0.25, 0.3) is 0 Å². The van der Waals surface area contributed by atoms with Crippen LogP contribution in [0.5, 0.6) is 0 Å². The summed E-state index contributed by atoms with van der Waals surface area (Å²) in [6.45, 7) is 3.79. The van der Waals surface area contributed by atoms with Crippen LogP contribution in [-0.2, 0) is 4.79 Å². The van der Waals surface area contributed by atoms with Crippen molar-refractivity contribution < 1.29 is 9.59 Å². The van der Waals surface area contributed by atoms with Crippen molar-refractivity contribution in [2.24, 2.45) is 0 Å². The van der Waals surface area contributed by atoms with Gasteiger partial charge in [-0.25, -0.2) is 0 Å². The lowest BCUT2D eigenvalue weighted by molar-refractivity contribution is -0.115. The Morgan fingerprint density at radius 2 is 1.45 bits per heavy atom. The number of benzene rings is 3. The minimum atomic E-state index is -0.248. The molecule has 2 N–H and O–H groups in total. The van der Waals surface area contributed by atoms with Gasteiger partial charge < -0.3 is 10.6 Å². The van der Waals surface area contributed by atoms with Crippen molar-refractivity contribution in [1.82, 2.24) is 0 Å². The number of rotatable bonds is 6. The van der Waals surface area contributed by atoms with Crippen LogP contribution >= 0.6 is 34.4 Å². The first-order valence-electron chi connectivity index (χ1n) is 9.12. The van der Waals surface area contributed by atoms with E-state index in [9.17, 15) is 9.59 Å². The number of anilines is 2. The molecule has 3 rings (SSSR count). The average Bonchev–Trinajstić information content (AvgIpc) is 2.71. The molecule has 6 heteroatoms. The van der Waals surface area contributed by atoms with E-state index in [1.54, 1.807) is 0 Å². The summed E-state index contributed by atoms with van der Waals surface area (Å²) in [5, 5.41) is 5.59. The third kappa shape index (κ3) is 6.08. The van der Waals surface area contributed by atoms with Crippen molar-refractivity contribution in [2.75, 3.05) is 10.6 Å². The zero-order chi connectivity index (χ0) is 20.8. The maximum absolute atomic E-state index is 12.4. The number of nitrogens with one attached hydrogen (secondary N) is 2. The Morgan fingerprint density at radius 3 is 2.10 bits per heavy atom. The van der Waals surface area contributed by atoms with Gasteiger partial charge in [0.15, 0.2) is 0 Å². The summed E-state index contributed by atoms with van der Waals surface area (Å²) in [4.78, 5) is 25.8. The number of carbonyl (C=O) groups is 2. The highest BCUT2D eigenvalue weighted by Crippen LogP contribution is 2.26. The second-order valence-corrected chi connectivity index (χ2v) is 9.21. The standard InChI is InChI=1S/C23H21IN2O2S/c1-15-5-3-4-6-21(15)23(28)26-19-11-13-20(14-12-19)29-16(2)22(27)25-18-9-7-17(24)8-10-18/h3-14,16H,1-2H3,(H,25,27)(H,26,28). The van der Waals surface area contributed by atoms with E-state index in [1.807, 2.05) is 86.6 Å². The molecule has 3 aromatic rings. The number of hydrogen-bond acceptors (Lipinski definition) is 3. The van der Waals surface area contributed by atoms with Crippen molar-refractivity contribution in [2.45, 2.75) is 24.0 Å². The number of carbonyl (C=O) groups excluding carboxylic acids is 2. The molecule has 0 heterocycles. The van der Waals surface area contributed by atoms with E-state index in [0.29, 0.717) is 5.56 Å². The van der Waals surface area contributed by atoms with Gasteiger partial charge in [-0.3, -0.25) is 9.59 Å². The molecule has 0 spiro atoms. The highest BCUT2D eigenvalue weighted by Gasteiger charge is 2.15. The predicted octanol–water partition coefficient (Wildman–Crippen LogP) is 5.97. The van der Waals surface area contributed by atoms with E-state index in [-0.39, 0.29) is 17.1 Å². The van der Waals surface area contributed by atoms with Crippen LogP contribution < -0.4 is 10.6 Å². The molecule has 0 aliphatic rings. The molecule has 0 saturated carbocycles. The first-order chi connectivity index (χ1) is 13.9. The van der Waals surface area contributed by atoms with Crippen LogP contribution in [0.1, 0.15) is 22.8 Å². The zero-order valence-electron chi connectivity index (χ0n) is 16.1. The Hall–Kier alpha value is -2.32. The molecule has 0 bridgehead atoms. The largest absolute Gasteiger partial charge is 0.325 e.